The van der Waals surface area contributed by atoms with Gasteiger partial charge in [0.1, 0.15) is 11.8 Å². The molecule has 3 nitrogen and oxygen atoms in total. The second-order valence-electron chi connectivity index (χ2n) is 5.15. The van der Waals surface area contributed by atoms with Crippen molar-refractivity contribution in [2.45, 2.75) is 25.7 Å². The normalized spacial score (nSPS) is 20.7. The van der Waals surface area contributed by atoms with Gasteiger partial charge < -0.3 is 10.1 Å². The number of fused-ring (bicyclic) bond motifs is 2. The molecule has 0 bridgehead atoms. The number of aromatic nitrogens is 1. The maximum Gasteiger partial charge on any atom is 0.148 e. The van der Waals surface area contributed by atoms with E-state index in [1.807, 2.05) is 32.0 Å². The average molecular weight is 275 g/mol. The first-order valence-corrected chi connectivity index (χ1v) is 6.55. The molecule has 2 aromatic rings. The first-order valence-electron chi connectivity index (χ1n) is 6.17. The zero-order chi connectivity index (χ0) is 13.6. The highest BCUT2D eigenvalue weighted by Crippen LogP contribution is 2.37. The number of ether oxygens (including phenoxy) is 1. The molecular formula is C15H15ClN2O. The molecule has 1 aliphatic rings. The van der Waals surface area contributed by atoms with Crippen molar-refractivity contribution in [3.63, 3.8) is 0 Å². The molecule has 2 heterocycles. The Morgan fingerprint density at radius 2 is 2.21 bits per heavy atom. The number of nitrogens with zero attached hydrogens (tertiary/aromatic N) is 1. The van der Waals surface area contributed by atoms with E-state index in [2.05, 4.69) is 18.0 Å². The van der Waals surface area contributed by atoms with Crippen molar-refractivity contribution in [2.75, 3.05) is 5.32 Å². The minimum atomic E-state index is -0.451. The largest absolute Gasteiger partial charge is 0.355 e. The van der Waals surface area contributed by atoms with Gasteiger partial charge in [-0.1, -0.05) is 18.2 Å². The molecule has 1 unspecified atom stereocenters. The Balaban J connectivity index is 2.23. The van der Waals surface area contributed by atoms with Crippen LogP contribution in [0.25, 0.3) is 10.9 Å². The van der Waals surface area contributed by atoms with Gasteiger partial charge in [-0.05, 0) is 44.2 Å². The van der Waals surface area contributed by atoms with Crippen LogP contribution in [0.4, 0.5) is 5.69 Å². The summed E-state index contributed by atoms with van der Waals surface area (Å²) in [6.45, 7) is 7.79. The smallest absolute Gasteiger partial charge is 0.148 e. The summed E-state index contributed by atoms with van der Waals surface area (Å²) in [6.07, 6.45) is 1.54. The Morgan fingerprint density at radius 3 is 2.95 bits per heavy atom. The molecular weight excluding hydrogens is 260 g/mol. The monoisotopic (exact) mass is 274 g/mol. The summed E-state index contributed by atoms with van der Waals surface area (Å²) < 4.78 is 5.90. The molecule has 0 aliphatic carbocycles. The van der Waals surface area contributed by atoms with Crippen molar-refractivity contribution in [3.05, 3.63) is 47.6 Å². The minimum absolute atomic E-state index is 0.207. The summed E-state index contributed by atoms with van der Waals surface area (Å²) in [5, 5.41) is 4.99. The fraction of sp³-hybridized carbons (Fsp3) is 0.267. The van der Waals surface area contributed by atoms with Crippen molar-refractivity contribution in [3.8, 4) is 0 Å². The first kappa shape index (κ1) is 12.5. The summed E-state index contributed by atoms with van der Waals surface area (Å²) in [7, 11) is 0. The lowest BCUT2D eigenvalue weighted by atomic mass is 9.98. The molecule has 19 heavy (non-hydrogen) atoms. The molecule has 1 aromatic heterocycles. The van der Waals surface area contributed by atoms with Crippen LogP contribution in [-0.4, -0.2) is 11.2 Å². The van der Waals surface area contributed by atoms with Crippen LogP contribution in [0.3, 0.4) is 0 Å². The number of hydrogen-bond donors (Lipinski definition) is 1. The number of anilines is 1. The molecule has 3 rings (SSSR count). The van der Waals surface area contributed by atoms with Gasteiger partial charge in [0.2, 0.25) is 0 Å². The van der Waals surface area contributed by atoms with Crippen LogP contribution in [0.2, 0.25) is 5.02 Å². The van der Waals surface area contributed by atoms with Gasteiger partial charge >= 0.3 is 0 Å². The summed E-state index contributed by atoms with van der Waals surface area (Å²) in [4.78, 5) is 4.70. The number of halogens is 1. The van der Waals surface area contributed by atoms with Crippen LogP contribution in [0.5, 0.6) is 0 Å². The molecule has 1 N–H and O–H groups in total. The van der Waals surface area contributed by atoms with E-state index in [9.17, 15) is 0 Å². The van der Waals surface area contributed by atoms with E-state index in [0.29, 0.717) is 5.02 Å². The summed E-state index contributed by atoms with van der Waals surface area (Å²) in [5.74, 6) is 0. The number of hydrogen-bond acceptors (Lipinski definition) is 3. The zero-order valence-corrected chi connectivity index (χ0v) is 11.7. The first-order chi connectivity index (χ1) is 8.99. The predicted molar refractivity (Wildman–Crippen MR) is 78.5 cm³/mol. The Hall–Kier alpha value is -1.58. The van der Waals surface area contributed by atoms with Crippen LogP contribution in [0.1, 0.15) is 19.5 Å². The summed E-state index contributed by atoms with van der Waals surface area (Å²) in [5.41, 5.74) is 2.34. The highest BCUT2D eigenvalue weighted by molar-refractivity contribution is 6.31. The average Bonchev–Trinajstić information content (AvgIpc) is 2.36. The molecule has 1 aliphatic heterocycles. The maximum atomic E-state index is 6.02. The van der Waals surface area contributed by atoms with E-state index in [4.69, 9.17) is 21.3 Å². The lowest BCUT2D eigenvalue weighted by Crippen LogP contribution is -2.38. The Morgan fingerprint density at radius 1 is 1.42 bits per heavy atom. The van der Waals surface area contributed by atoms with Gasteiger partial charge in [0, 0.05) is 10.4 Å². The van der Waals surface area contributed by atoms with Gasteiger partial charge in [0.05, 0.1) is 16.9 Å². The second-order valence-corrected chi connectivity index (χ2v) is 5.59. The molecule has 0 spiro atoms. The number of benzene rings is 1. The van der Waals surface area contributed by atoms with Gasteiger partial charge in [-0.25, -0.2) is 4.98 Å². The third-order valence-corrected chi connectivity index (χ3v) is 3.52. The van der Waals surface area contributed by atoms with Crippen molar-refractivity contribution in [1.82, 2.24) is 4.98 Å². The van der Waals surface area contributed by atoms with E-state index in [0.717, 1.165) is 22.3 Å². The van der Waals surface area contributed by atoms with Crippen LogP contribution in [0.15, 0.2) is 36.9 Å². The summed E-state index contributed by atoms with van der Waals surface area (Å²) in [6, 6.07) is 7.75. The Bertz CT molecular complexity index is 666. The quantitative estimate of drug-likeness (QED) is 0.796. The topological polar surface area (TPSA) is 34.2 Å². The highest BCUT2D eigenvalue weighted by atomic mass is 35.5. The van der Waals surface area contributed by atoms with Gasteiger partial charge in [-0.3, -0.25) is 0 Å². The lowest BCUT2D eigenvalue weighted by Gasteiger charge is -2.37. The standard InChI is InChI=1S/C15H15ClN2O/c1-4-13-17-12-8-9-7-10(16)5-6-11(9)18-14(12)15(2,3)19-13/h4-8,13,17H,1H2,2-3H3. The van der Waals surface area contributed by atoms with Gasteiger partial charge in [-0.15, -0.1) is 0 Å². The fourth-order valence-electron chi connectivity index (χ4n) is 2.38. The van der Waals surface area contributed by atoms with E-state index in [1.165, 1.54) is 0 Å². The molecule has 0 saturated heterocycles. The Labute approximate surface area is 117 Å². The van der Waals surface area contributed by atoms with Crippen LogP contribution < -0.4 is 5.32 Å². The number of pyridine rings is 1. The SMILES string of the molecule is C=CC1Nc2cc3cc(Cl)ccc3nc2C(C)(C)O1. The third kappa shape index (κ3) is 2.09. The van der Waals surface area contributed by atoms with E-state index >= 15 is 0 Å². The second kappa shape index (κ2) is 4.22. The van der Waals surface area contributed by atoms with E-state index < -0.39 is 5.60 Å². The molecule has 0 saturated carbocycles. The molecule has 0 radical (unpaired) electrons. The summed E-state index contributed by atoms with van der Waals surface area (Å²) >= 11 is 6.02. The Kier molecular flexibility index (Phi) is 2.77. The van der Waals surface area contributed by atoms with Crippen LogP contribution >= 0.6 is 11.6 Å². The maximum absolute atomic E-state index is 6.02. The molecule has 0 fully saturated rings. The van der Waals surface area contributed by atoms with Crippen LogP contribution in [0, 0.1) is 0 Å². The van der Waals surface area contributed by atoms with Crippen molar-refractivity contribution in [2.24, 2.45) is 0 Å². The fourth-order valence-corrected chi connectivity index (χ4v) is 2.56. The van der Waals surface area contributed by atoms with Crippen molar-refractivity contribution >= 4 is 28.2 Å². The zero-order valence-electron chi connectivity index (χ0n) is 10.9. The number of rotatable bonds is 1. The van der Waals surface area contributed by atoms with Crippen molar-refractivity contribution in [1.29, 1.82) is 0 Å². The van der Waals surface area contributed by atoms with E-state index in [-0.39, 0.29) is 6.23 Å². The predicted octanol–water partition coefficient (Wildman–Crippen LogP) is 4.08. The van der Waals surface area contributed by atoms with E-state index in [1.54, 1.807) is 6.08 Å². The molecule has 4 heteroatoms. The molecule has 1 aromatic carbocycles. The molecule has 0 amide bonds. The van der Waals surface area contributed by atoms with Gasteiger partial charge in [-0.2, -0.15) is 0 Å². The molecule has 98 valence electrons. The third-order valence-electron chi connectivity index (χ3n) is 3.28. The number of nitrogens with one attached hydrogen (secondary N) is 1. The minimum Gasteiger partial charge on any atom is -0.355 e. The highest BCUT2D eigenvalue weighted by Gasteiger charge is 2.34. The molecule has 1 atom stereocenters. The van der Waals surface area contributed by atoms with Gasteiger partial charge in [0.25, 0.3) is 0 Å². The van der Waals surface area contributed by atoms with Crippen molar-refractivity contribution < 1.29 is 4.74 Å². The van der Waals surface area contributed by atoms with Gasteiger partial charge in [0.15, 0.2) is 0 Å². The van der Waals surface area contributed by atoms with Crippen LogP contribution in [-0.2, 0) is 10.3 Å². The lowest BCUT2D eigenvalue weighted by molar-refractivity contribution is -0.0541.